The van der Waals surface area contributed by atoms with E-state index in [9.17, 15) is 9.59 Å². The fourth-order valence-corrected chi connectivity index (χ4v) is 4.44. The zero-order valence-electron chi connectivity index (χ0n) is 14.2. The molecule has 6 heteroatoms. The van der Waals surface area contributed by atoms with Crippen molar-refractivity contribution >= 4 is 45.9 Å². The van der Waals surface area contributed by atoms with Gasteiger partial charge in [-0.1, -0.05) is 35.9 Å². The lowest BCUT2D eigenvalue weighted by molar-refractivity contribution is -0.130. The second kappa shape index (κ2) is 8.11. The van der Waals surface area contributed by atoms with Crippen molar-refractivity contribution in [2.24, 2.45) is 0 Å². The summed E-state index contributed by atoms with van der Waals surface area (Å²) < 4.78 is 0. The number of carbonyl (C=O) groups excluding carboxylic acids is 2. The van der Waals surface area contributed by atoms with Crippen molar-refractivity contribution in [3.63, 3.8) is 0 Å². The number of thioether (sulfide) groups is 1. The highest BCUT2D eigenvalue weighted by Crippen LogP contribution is 2.33. The molecule has 1 aliphatic heterocycles. The molecule has 0 radical (unpaired) electrons. The minimum Gasteiger partial charge on any atom is -0.341 e. The van der Waals surface area contributed by atoms with E-state index in [1.54, 1.807) is 6.92 Å². The Kier molecular flexibility index (Phi) is 5.86. The molecule has 0 saturated carbocycles. The van der Waals surface area contributed by atoms with Crippen molar-refractivity contribution in [2.75, 3.05) is 31.9 Å². The Morgan fingerprint density at radius 3 is 2.48 bits per heavy atom. The zero-order chi connectivity index (χ0) is 17.8. The topological polar surface area (TPSA) is 40.6 Å². The average Bonchev–Trinajstić information content (AvgIpc) is 2.86. The van der Waals surface area contributed by atoms with E-state index in [1.165, 1.54) is 11.8 Å². The Hall–Kier alpha value is -1.72. The molecule has 0 aliphatic carbocycles. The first-order valence-corrected chi connectivity index (χ1v) is 9.76. The molecule has 0 spiro atoms. The quantitative estimate of drug-likeness (QED) is 0.767. The number of rotatable bonds is 3. The summed E-state index contributed by atoms with van der Waals surface area (Å²) in [7, 11) is 0. The van der Waals surface area contributed by atoms with Gasteiger partial charge in [0.05, 0.1) is 5.75 Å². The predicted molar refractivity (Wildman–Crippen MR) is 103 cm³/mol. The van der Waals surface area contributed by atoms with E-state index in [1.807, 2.05) is 46.2 Å². The van der Waals surface area contributed by atoms with E-state index in [2.05, 4.69) is 0 Å². The van der Waals surface area contributed by atoms with E-state index in [0.29, 0.717) is 30.4 Å². The lowest BCUT2D eigenvalue weighted by Crippen LogP contribution is -2.37. The van der Waals surface area contributed by atoms with Crippen LogP contribution in [0.4, 0.5) is 0 Å². The number of nitrogens with zero attached hydrogens (tertiary/aromatic N) is 2. The summed E-state index contributed by atoms with van der Waals surface area (Å²) in [6, 6.07) is 11.9. The number of hydrogen-bond acceptors (Lipinski definition) is 3. The van der Waals surface area contributed by atoms with E-state index in [-0.39, 0.29) is 11.8 Å². The van der Waals surface area contributed by atoms with E-state index in [0.717, 1.165) is 28.6 Å². The van der Waals surface area contributed by atoms with E-state index >= 15 is 0 Å². The highest BCUT2D eigenvalue weighted by molar-refractivity contribution is 8.00. The molecule has 3 rings (SSSR count). The van der Waals surface area contributed by atoms with Crippen molar-refractivity contribution in [3.8, 4) is 0 Å². The van der Waals surface area contributed by atoms with Crippen LogP contribution in [0.15, 0.2) is 41.3 Å². The molecule has 132 valence electrons. The summed E-state index contributed by atoms with van der Waals surface area (Å²) in [5, 5.41) is 2.79. The van der Waals surface area contributed by atoms with Crippen LogP contribution in [0.5, 0.6) is 0 Å². The van der Waals surface area contributed by atoms with Gasteiger partial charge in [0.1, 0.15) is 0 Å². The monoisotopic (exact) mass is 376 g/mol. The Balaban J connectivity index is 1.66. The van der Waals surface area contributed by atoms with Gasteiger partial charge in [0.25, 0.3) is 0 Å². The molecule has 25 heavy (non-hydrogen) atoms. The SMILES string of the molecule is CC(=O)N1CCCN(C(=O)CSc2cccc3cccc(Cl)c23)CC1. The standard InChI is InChI=1S/C19H21ClN2O2S/c1-14(23)21-9-4-10-22(12-11-21)18(24)13-25-17-8-3-6-15-5-2-7-16(20)19(15)17/h2-3,5-8H,4,9-13H2,1H3. The molecule has 2 aromatic rings. The smallest absolute Gasteiger partial charge is 0.232 e. The van der Waals surface area contributed by atoms with Crippen LogP contribution in [-0.4, -0.2) is 53.5 Å². The third kappa shape index (κ3) is 4.28. The molecule has 0 atom stereocenters. The van der Waals surface area contributed by atoms with Crippen LogP contribution in [0.1, 0.15) is 13.3 Å². The van der Waals surface area contributed by atoms with Gasteiger partial charge < -0.3 is 9.80 Å². The van der Waals surface area contributed by atoms with Crippen molar-refractivity contribution < 1.29 is 9.59 Å². The van der Waals surface area contributed by atoms with Crippen LogP contribution in [0, 0.1) is 0 Å². The largest absolute Gasteiger partial charge is 0.341 e. The van der Waals surface area contributed by atoms with Gasteiger partial charge in [-0.15, -0.1) is 11.8 Å². The molecule has 0 unspecified atom stereocenters. The lowest BCUT2D eigenvalue weighted by atomic mass is 10.1. The van der Waals surface area contributed by atoms with Crippen LogP contribution in [0.2, 0.25) is 5.02 Å². The number of amides is 2. The molecule has 1 fully saturated rings. The van der Waals surface area contributed by atoms with Gasteiger partial charge in [-0.2, -0.15) is 0 Å². The summed E-state index contributed by atoms with van der Waals surface area (Å²) in [6.45, 7) is 4.24. The van der Waals surface area contributed by atoms with Crippen molar-refractivity contribution in [2.45, 2.75) is 18.2 Å². The minimum atomic E-state index is 0.0778. The zero-order valence-corrected chi connectivity index (χ0v) is 15.8. The normalized spacial score (nSPS) is 15.3. The van der Waals surface area contributed by atoms with Crippen molar-refractivity contribution in [3.05, 3.63) is 41.4 Å². The van der Waals surface area contributed by atoms with Crippen LogP contribution in [0.3, 0.4) is 0 Å². The van der Waals surface area contributed by atoms with E-state index < -0.39 is 0 Å². The number of benzene rings is 2. The third-order valence-corrected chi connectivity index (χ3v) is 5.82. The maximum absolute atomic E-state index is 12.6. The fourth-order valence-electron chi connectivity index (χ4n) is 3.09. The van der Waals surface area contributed by atoms with Gasteiger partial charge in [-0.3, -0.25) is 9.59 Å². The van der Waals surface area contributed by atoms with E-state index in [4.69, 9.17) is 11.6 Å². The number of hydrogen-bond donors (Lipinski definition) is 0. The van der Waals surface area contributed by atoms with Gasteiger partial charge in [-0.25, -0.2) is 0 Å². The van der Waals surface area contributed by atoms with Gasteiger partial charge in [0.2, 0.25) is 11.8 Å². The molecular weight excluding hydrogens is 356 g/mol. The minimum absolute atomic E-state index is 0.0778. The first-order chi connectivity index (χ1) is 12.1. The molecule has 2 amide bonds. The Labute approximate surface area is 157 Å². The molecule has 1 heterocycles. The Morgan fingerprint density at radius 1 is 1.04 bits per heavy atom. The van der Waals surface area contributed by atoms with Crippen LogP contribution >= 0.6 is 23.4 Å². The summed E-state index contributed by atoms with van der Waals surface area (Å²) >= 11 is 7.87. The first kappa shape index (κ1) is 18.1. The lowest BCUT2D eigenvalue weighted by Gasteiger charge is -2.21. The van der Waals surface area contributed by atoms with Gasteiger partial charge >= 0.3 is 0 Å². The average molecular weight is 377 g/mol. The second-order valence-corrected chi connectivity index (χ2v) is 7.55. The highest BCUT2D eigenvalue weighted by Gasteiger charge is 2.20. The molecule has 0 aromatic heterocycles. The number of carbonyl (C=O) groups is 2. The summed E-state index contributed by atoms with van der Waals surface area (Å²) in [6.07, 6.45) is 0.829. The predicted octanol–water partition coefficient (Wildman–Crippen LogP) is 3.67. The van der Waals surface area contributed by atoms with Crippen LogP contribution in [-0.2, 0) is 9.59 Å². The molecule has 1 aliphatic rings. The molecule has 0 bridgehead atoms. The van der Waals surface area contributed by atoms with Crippen molar-refractivity contribution in [1.29, 1.82) is 0 Å². The maximum Gasteiger partial charge on any atom is 0.232 e. The van der Waals surface area contributed by atoms with Gasteiger partial charge in [-0.05, 0) is 23.9 Å². The molecule has 1 saturated heterocycles. The summed E-state index contributed by atoms with van der Waals surface area (Å²) in [4.78, 5) is 28.8. The molecule has 2 aromatic carbocycles. The Morgan fingerprint density at radius 2 is 1.72 bits per heavy atom. The summed E-state index contributed by atoms with van der Waals surface area (Å²) in [5.41, 5.74) is 0. The Bertz CT molecular complexity index is 791. The fraction of sp³-hybridized carbons (Fsp3) is 0.368. The van der Waals surface area contributed by atoms with Crippen LogP contribution in [0.25, 0.3) is 10.8 Å². The summed E-state index contributed by atoms with van der Waals surface area (Å²) in [5.74, 6) is 0.568. The molecular formula is C19H21ClN2O2S. The van der Waals surface area contributed by atoms with Gasteiger partial charge in [0, 0.05) is 48.4 Å². The molecule has 0 N–H and O–H groups in total. The van der Waals surface area contributed by atoms with Crippen LogP contribution < -0.4 is 0 Å². The highest BCUT2D eigenvalue weighted by atomic mass is 35.5. The number of halogens is 1. The van der Waals surface area contributed by atoms with Crippen molar-refractivity contribution in [1.82, 2.24) is 9.80 Å². The second-order valence-electron chi connectivity index (χ2n) is 6.12. The third-order valence-electron chi connectivity index (χ3n) is 4.46. The molecule has 4 nitrogen and oxygen atoms in total. The number of fused-ring (bicyclic) bond motifs is 1. The van der Waals surface area contributed by atoms with Gasteiger partial charge in [0.15, 0.2) is 0 Å². The first-order valence-electron chi connectivity index (χ1n) is 8.39. The maximum atomic E-state index is 12.6.